The van der Waals surface area contributed by atoms with E-state index in [9.17, 15) is 4.79 Å². The molecule has 0 atom stereocenters. The van der Waals surface area contributed by atoms with Gasteiger partial charge in [-0.05, 0) is 73.2 Å². The van der Waals surface area contributed by atoms with E-state index in [2.05, 4.69) is 22.7 Å². The van der Waals surface area contributed by atoms with Crippen molar-refractivity contribution >= 4 is 29.5 Å². The maximum Gasteiger partial charge on any atom is 0.343 e. The molecule has 0 unspecified atom stereocenters. The topological polar surface area (TPSA) is 85.9 Å². The number of ether oxygens (including phenoxy) is 2. The quantitative estimate of drug-likeness (QED) is 0.275. The number of hydrogen-bond donors (Lipinski definition) is 2. The van der Waals surface area contributed by atoms with Crippen LogP contribution in [-0.4, -0.2) is 23.9 Å². The highest BCUT2D eigenvalue weighted by molar-refractivity contribution is 7.80. The molecule has 3 N–H and O–H groups in total. The number of thiocarbonyl (C=S) groups is 1. The highest BCUT2D eigenvalue weighted by atomic mass is 32.1. The van der Waals surface area contributed by atoms with Crippen molar-refractivity contribution in [3.8, 4) is 11.5 Å². The molecule has 0 amide bonds. The molecule has 2 aromatic rings. The van der Waals surface area contributed by atoms with Crippen LogP contribution in [0.2, 0.25) is 0 Å². The molecule has 0 aliphatic rings. The summed E-state index contributed by atoms with van der Waals surface area (Å²) < 4.78 is 10.7. The smallest absolute Gasteiger partial charge is 0.343 e. The van der Waals surface area contributed by atoms with E-state index in [0.717, 1.165) is 5.56 Å². The Morgan fingerprint density at radius 1 is 1.17 bits per heavy atom. The standard InChI is InChI=1S/C17H17N3O3S/c1-2-22-14-9-5-13(6-10-14)16(21)23-15-7-3-12(4-8-15)11-19-20-17(18)24/h3-11H,2H2,1H3,(H3,18,20,24)/b19-11-. The number of nitrogens with zero attached hydrogens (tertiary/aromatic N) is 1. The predicted molar refractivity (Wildman–Crippen MR) is 96.5 cm³/mol. The number of hydrogen-bond acceptors (Lipinski definition) is 5. The molecule has 0 spiro atoms. The first-order valence-electron chi connectivity index (χ1n) is 7.22. The lowest BCUT2D eigenvalue weighted by Gasteiger charge is -2.06. The maximum absolute atomic E-state index is 12.1. The van der Waals surface area contributed by atoms with Crippen LogP contribution in [-0.2, 0) is 0 Å². The SMILES string of the molecule is CCOc1ccc(C(=O)Oc2ccc(/C=N\NC(N)=S)cc2)cc1. The molecule has 0 saturated heterocycles. The first kappa shape index (κ1) is 17.4. The molecular weight excluding hydrogens is 326 g/mol. The lowest BCUT2D eigenvalue weighted by atomic mass is 10.2. The van der Waals surface area contributed by atoms with Gasteiger partial charge >= 0.3 is 5.97 Å². The lowest BCUT2D eigenvalue weighted by Crippen LogP contribution is -2.23. The van der Waals surface area contributed by atoms with Crippen LogP contribution in [0.1, 0.15) is 22.8 Å². The van der Waals surface area contributed by atoms with Crippen LogP contribution in [0.3, 0.4) is 0 Å². The Hall–Kier alpha value is -2.93. The van der Waals surface area contributed by atoms with E-state index in [4.69, 9.17) is 15.2 Å². The number of rotatable bonds is 6. The van der Waals surface area contributed by atoms with Gasteiger partial charge in [0.15, 0.2) is 5.11 Å². The Kier molecular flexibility index (Phi) is 6.27. The van der Waals surface area contributed by atoms with Gasteiger partial charge in [0.25, 0.3) is 0 Å². The number of nitrogens with one attached hydrogen (secondary N) is 1. The van der Waals surface area contributed by atoms with E-state index >= 15 is 0 Å². The third kappa shape index (κ3) is 5.36. The van der Waals surface area contributed by atoms with Crippen molar-refractivity contribution in [1.82, 2.24) is 5.43 Å². The van der Waals surface area contributed by atoms with Gasteiger partial charge in [0.2, 0.25) is 0 Å². The van der Waals surface area contributed by atoms with E-state index in [0.29, 0.717) is 23.7 Å². The van der Waals surface area contributed by atoms with E-state index in [1.54, 1.807) is 54.7 Å². The number of esters is 1. The highest BCUT2D eigenvalue weighted by Crippen LogP contribution is 2.16. The van der Waals surface area contributed by atoms with Crippen molar-refractivity contribution in [3.05, 3.63) is 59.7 Å². The summed E-state index contributed by atoms with van der Waals surface area (Å²) in [6.45, 7) is 2.48. The zero-order valence-electron chi connectivity index (χ0n) is 13.1. The monoisotopic (exact) mass is 343 g/mol. The molecule has 2 rings (SSSR count). The van der Waals surface area contributed by atoms with Crippen molar-refractivity contribution in [2.45, 2.75) is 6.92 Å². The van der Waals surface area contributed by atoms with Gasteiger partial charge < -0.3 is 15.2 Å². The fourth-order valence-electron chi connectivity index (χ4n) is 1.81. The molecular formula is C17H17N3O3S. The zero-order valence-corrected chi connectivity index (χ0v) is 13.9. The van der Waals surface area contributed by atoms with Crippen LogP contribution in [0.25, 0.3) is 0 Å². The maximum atomic E-state index is 12.1. The van der Waals surface area contributed by atoms with Crippen molar-refractivity contribution in [1.29, 1.82) is 0 Å². The van der Waals surface area contributed by atoms with Crippen LogP contribution in [0.5, 0.6) is 11.5 Å². The number of carbonyl (C=O) groups is 1. The van der Waals surface area contributed by atoms with E-state index in [1.165, 1.54) is 0 Å². The van der Waals surface area contributed by atoms with Crippen LogP contribution in [0.4, 0.5) is 0 Å². The second kappa shape index (κ2) is 8.64. The Morgan fingerprint density at radius 3 is 2.38 bits per heavy atom. The van der Waals surface area contributed by atoms with Gasteiger partial charge in [-0.3, -0.25) is 5.43 Å². The summed E-state index contributed by atoms with van der Waals surface area (Å²) in [6, 6.07) is 13.6. The van der Waals surface area contributed by atoms with Gasteiger partial charge in [-0.15, -0.1) is 0 Å². The summed E-state index contributed by atoms with van der Waals surface area (Å²) in [6.07, 6.45) is 1.55. The van der Waals surface area contributed by atoms with Crippen molar-refractivity contribution in [3.63, 3.8) is 0 Å². The molecule has 0 aromatic heterocycles. The molecule has 2 aromatic carbocycles. The molecule has 7 heteroatoms. The normalized spacial score (nSPS) is 10.4. The lowest BCUT2D eigenvalue weighted by molar-refractivity contribution is 0.0734. The highest BCUT2D eigenvalue weighted by Gasteiger charge is 2.08. The summed E-state index contributed by atoms with van der Waals surface area (Å²) in [5, 5.41) is 3.93. The molecule has 124 valence electrons. The second-order valence-electron chi connectivity index (χ2n) is 4.65. The fourth-order valence-corrected chi connectivity index (χ4v) is 1.86. The average molecular weight is 343 g/mol. The molecule has 0 bridgehead atoms. The first-order valence-corrected chi connectivity index (χ1v) is 7.63. The minimum atomic E-state index is -0.436. The summed E-state index contributed by atoms with van der Waals surface area (Å²) in [5.41, 5.74) is 8.97. The number of nitrogens with two attached hydrogens (primary N) is 1. The van der Waals surface area contributed by atoms with Gasteiger partial charge in [-0.2, -0.15) is 5.10 Å². The Balaban J connectivity index is 1.96. The van der Waals surface area contributed by atoms with Crippen molar-refractivity contribution in [2.24, 2.45) is 10.8 Å². The largest absolute Gasteiger partial charge is 0.494 e. The molecule has 0 fully saturated rings. The van der Waals surface area contributed by atoms with Gasteiger partial charge in [0, 0.05) is 0 Å². The van der Waals surface area contributed by atoms with Crippen LogP contribution >= 0.6 is 12.2 Å². The van der Waals surface area contributed by atoms with E-state index in [-0.39, 0.29) is 5.11 Å². The summed E-state index contributed by atoms with van der Waals surface area (Å²) in [7, 11) is 0. The minimum absolute atomic E-state index is 0.0900. The molecule has 0 saturated carbocycles. The molecule has 0 aliphatic carbocycles. The molecule has 0 aliphatic heterocycles. The molecule has 0 radical (unpaired) electrons. The third-order valence-electron chi connectivity index (χ3n) is 2.88. The number of hydrazone groups is 1. The molecule has 6 nitrogen and oxygen atoms in total. The third-order valence-corrected chi connectivity index (χ3v) is 2.97. The van der Waals surface area contributed by atoms with Crippen molar-refractivity contribution in [2.75, 3.05) is 6.61 Å². The van der Waals surface area contributed by atoms with Gasteiger partial charge in [0.1, 0.15) is 11.5 Å². The fraction of sp³-hybridized carbons (Fsp3) is 0.118. The van der Waals surface area contributed by atoms with Crippen LogP contribution in [0.15, 0.2) is 53.6 Å². The van der Waals surface area contributed by atoms with Gasteiger partial charge in [0.05, 0.1) is 18.4 Å². The number of benzene rings is 2. The number of carbonyl (C=O) groups excluding carboxylic acids is 1. The van der Waals surface area contributed by atoms with Gasteiger partial charge in [-0.1, -0.05) is 0 Å². The molecule has 0 heterocycles. The van der Waals surface area contributed by atoms with Gasteiger partial charge in [-0.25, -0.2) is 4.79 Å². The zero-order chi connectivity index (χ0) is 17.4. The first-order chi connectivity index (χ1) is 11.6. The minimum Gasteiger partial charge on any atom is -0.494 e. The summed E-state index contributed by atoms with van der Waals surface area (Å²) >= 11 is 4.64. The van der Waals surface area contributed by atoms with E-state index < -0.39 is 5.97 Å². The average Bonchev–Trinajstić information content (AvgIpc) is 2.57. The Morgan fingerprint density at radius 2 is 1.79 bits per heavy atom. The Labute approximate surface area is 145 Å². The predicted octanol–water partition coefficient (Wildman–Crippen LogP) is 2.47. The summed E-state index contributed by atoms with van der Waals surface area (Å²) in [4.78, 5) is 12.1. The summed E-state index contributed by atoms with van der Waals surface area (Å²) in [5.74, 6) is 0.714. The van der Waals surface area contributed by atoms with E-state index in [1.807, 2.05) is 6.92 Å². The Bertz CT molecular complexity index is 728. The van der Waals surface area contributed by atoms with Crippen LogP contribution < -0.4 is 20.6 Å². The molecule has 24 heavy (non-hydrogen) atoms. The van der Waals surface area contributed by atoms with Crippen molar-refractivity contribution < 1.29 is 14.3 Å². The second-order valence-corrected chi connectivity index (χ2v) is 5.09. The van der Waals surface area contributed by atoms with Crippen LogP contribution in [0, 0.1) is 0 Å².